The summed E-state index contributed by atoms with van der Waals surface area (Å²) in [7, 11) is -3.70. The number of nitrogens with one attached hydrogen (secondary N) is 1. The van der Waals surface area contributed by atoms with Crippen molar-refractivity contribution in [1.29, 1.82) is 0 Å². The lowest BCUT2D eigenvalue weighted by Gasteiger charge is -2.16. The maximum absolute atomic E-state index is 12.1. The van der Waals surface area contributed by atoms with Crippen molar-refractivity contribution in [1.82, 2.24) is 4.72 Å². The SMILES string of the molecule is CCCC[C@@H](CN)NS(=O)(=O)c1ccc([N+](=O)[O-])cc1. The predicted molar refractivity (Wildman–Crippen MR) is 75.8 cm³/mol. The standard InChI is InChI=1S/C12H19N3O4S/c1-2-3-4-10(9-13)14-20(18,19)12-7-5-11(6-8-12)15(16)17/h5-8,10,14H,2-4,9,13H2,1H3/t10-/m0/s1. The number of hydrogen-bond acceptors (Lipinski definition) is 5. The summed E-state index contributed by atoms with van der Waals surface area (Å²) in [5, 5.41) is 10.5. The average molecular weight is 301 g/mol. The van der Waals surface area contributed by atoms with Gasteiger partial charge in [0, 0.05) is 24.7 Å². The van der Waals surface area contributed by atoms with Crippen molar-refractivity contribution < 1.29 is 13.3 Å². The number of non-ortho nitro benzene ring substituents is 1. The predicted octanol–water partition coefficient (Wildman–Crippen LogP) is 1.39. The summed E-state index contributed by atoms with van der Waals surface area (Å²) >= 11 is 0. The van der Waals surface area contributed by atoms with Crippen LogP contribution in [0.15, 0.2) is 29.2 Å². The van der Waals surface area contributed by atoms with E-state index in [1.165, 1.54) is 12.1 Å². The van der Waals surface area contributed by atoms with Gasteiger partial charge in [0.2, 0.25) is 10.0 Å². The fourth-order valence-electron chi connectivity index (χ4n) is 1.71. The maximum Gasteiger partial charge on any atom is 0.269 e. The molecule has 0 aromatic heterocycles. The van der Waals surface area contributed by atoms with Crippen LogP contribution in [-0.2, 0) is 10.0 Å². The zero-order valence-electron chi connectivity index (χ0n) is 11.3. The van der Waals surface area contributed by atoms with Crippen molar-refractivity contribution in [3.05, 3.63) is 34.4 Å². The third kappa shape index (κ3) is 4.55. The Balaban J connectivity index is 2.84. The number of unbranched alkanes of at least 4 members (excludes halogenated alkanes) is 1. The number of nitro benzene ring substituents is 1. The number of nitrogens with two attached hydrogens (primary N) is 1. The third-order valence-electron chi connectivity index (χ3n) is 2.87. The highest BCUT2D eigenvalue weighted by Gasteiger charge is 2.19. The van der Waals surface area contributed by atoms with Gasteiger partial charge in [0.1, 0.15) is 0 Å². The molecule has 0 saturated carbocycles. The monoisotopic (exact) mass is 301 g/mol. The lowest BCUT2D eigenvalue weighted by molar-refractivity contribution is -0.384. The van der Waals surface area contributed by atoms with Crippen LogP contribution in [0.3, 0.4) is 0 Å². The van der Waals surface area contributed by atoms with E-state index in [0.29, 0.717) is 6.42 Å². The second-order valence-electron chi connectivity index (χ2n) is 4.45. The molecule has 7 nitrogen and oxygen atoms in total. The normalized spacial score (nSPS) is 13.1. The molecule has 1 atom stereocenters. The lowest BCUT2D eigenvalue weighted by atomic mass is 10.1. The average Bonchev–Trinajstić information content (AvgIpc) is 2.43. The molecule has 112 valence electrons. The molecule has 0 unspecified atom stereocenters. The topological polar surface area (TPSA) is 115 Å². The molecule has 1 aromatic carbocycles. The minimum absolute atomic E-state index is 0.00181. The Kier molecular flexibility index (Phi) is 6.05. The maximum atomic E-state index is 12.1. The van der Waals surface area contributed by atoms with Gasteiger partial charge in [-0.25, -0.2) is 13.1 Å². The molecule has 3 N–H and O–H groups in total. The Hall–Kier alpha value is -1.51. The Bertz CT molecular complexity index is 542. The second kappa shape index (κ2) is 7.32. The molecule has 1 rings (SSSR count). The van der Waals surface area contributed by atoms with Crippen LogP contribution in [-0.4, -0.2) is 25.9 Å². The third-order valence-corrected chi connectivity index (χ3v) is 4.41. The van der Waals surface area contributed by atoms with Crippen LogP contribution in [0.4, 0.5) is 5.69 Å². The van der Waals surface area contributed by atoms with E-state index in [9.17, 15) is 18.5 Å². The summed E-state index contributed by atoms with van der Waals surface area (Å²) in [6.45, 7) is 2.23. The molecule has 20 heavy (non-hydrogen) atoms. The summed E-state index contributed by atoms with van der Waals surface area (Å²) in [5.41, 5.74) is 5.40. The van der Waals surface area contributed by atoms with E-state index in [-0.39, 0.29) is 23.2 Å². The van der Waals surface area contributed by atoms with E-state index < -0.39 is 14.9 Å². The van der Waals surface area contributed by atoms with Gasteiger partial charge in [-0.3, -0.25) is 10.1 Å². The highest BCUT2D eigenvalue weighted by molar-refractivity contribution is 7.89. The molecule has 0 saturated heterocycles. The van der Waals surface area contributed by atoms with Crippen molar-refractivity contribution in [2.75, 3.05) is 6.54 Å². The quantitative estimate of drug-likeness (QED) is 0.556. The first-order valence-electron chi connectivity index (χ1n) is 6.37. The van der Waals surface area contributed by atoms with Gasteiger partial charge >= 0.3 is 0 Å². The minimum atomic E-state index is -3.70. The van der Waals surface area contributed by atoms with E-state index in [1.807, 2.05) is 6.92 Å². The summed E-state index contributed by atoms with van der Waals surface area (Å²) in [5.74, 6) is 0. The van der Waals surface area contributed by atoms with Gasteiger partial charge < -0.3 is 5.73 Å². The number of nitrogens with zero attached hydrogens (tertiary/aromatic N) is 1. The van der Waals surface area contributed by atoms with Gasteiger partial charge in [0.25, 0.3) is 5.69 Å². The molecule has 0 radical (unpaired) electrons. The van der Waals surface area contributed by atoms with Crippen LogP contribution in [0.1, 0.15) is 26.2 Å². The molecule has 0 fully saturated rings. The first-order valence-corrected chi connectivity index (χ1v) is 7.86. The van der Waals surface area contributed by atoms with Gasteiger partial charge in [0.05, 0.1) is 9.82 Å². The van der Waals surface area contributed by atoms with Crippen molar-refractivity contribution in [2.45, 2.75) is 37.1 Å². The summed E-state index contributed by atoms with van der Waals surface area (Å²) in [6, 6.07) is 4.44. The van der Waals surface area contributed by atoms with Crippen LogP contribution in [0.2, 0.25) is 0 Å². The number of rotatable bonds is 8. The number of sulfonamides is 1. The van der Waals surface area contributed by atoms with E-state index in [2.05, 4.69) is 4.72 Å². The van der Waals surface area contributed by atoms with E-state index in [0.717, 1.165) is 25.0 Å². The Labute approximate surface area is 118 Å². The molecule has 1 aromatic rings. The van der Waals surface area contributed by atoms with Crippen LogP contribution >= 0.6 is 0 Å². The summed E-state index contributed by atoms with van der Waals surface area (Å²) in [4.78, 5) is 9.95. The summed E-state index contributed by atoms with van der Waals surface area (Å²) < 4.78 is 26.7. The van der Waals surface area contributed by atoms with Crippen LogP contribution in [0.25, 0.3) is 0 Å². The van der Waals surface area contributed by atoms with Gasteiger partial charge in [-0.1, -0.05) is 19.8 Å². The van der Waals surface area contributed by atoms with Crippen LogP contribution < -0.4 is 10.5 Å². The van der Waals surface area contributed by atoms with Crippen molar-refractivity contribution in [3.63, 3.8) is 0 Å². The zero-order valence-corrected chi connectivity index (χ0v) is 12.1. The first kappa shape index (κ1) is 16.5. The van der Waals surface area contributed by atoms with Crippen molar-refractivity contribution >= 4 is 15.7 Å². The number of benzene rings is 1. The molecule has 0 bridgehead atoms. The molecule has 0 spiro atoms. The lowest BCUT2D eigenvalue weighted by Crippen LogP contribution is -2.40. The molecular formula is C12H19N3O4S. The second-order valence-corrected chi connectivity index (χ2v) is 6.16. The molecular weight excluding hydrogens is 282 g/mol. The van der Waals surface area contributed by atoms with Gasteiger partial charge in [-0.15, -0.1) is 0 Å². The largest absolute Gasteiger partial charge is 0.329 e. The number of nitro groups is 1. The Morgan fingerprint density at radius 1 is 1.35 bits per heavy atom. The zero-order chi connectivity index (χ0) is 15.2. The molecule has 0 aliphatic rings. The fraction of sp³-hybridized carbons (Fsp3) is 0.500. The van der Waals surface area contributed by atoms with Crippen molar-refractivity contribution in [2.24, 2.45) is 5.73 Å². The van der Waals surface area contributed by atoms with Crippen molar-refractivity contribution in [3.8, 4) is 0 Å². The van der Waals surface area contributed by atoms with Gasteiger partial charge in [-0.2, -0.15) is 0 Å². The van der Waals surface area contributed by atoms with Crippen LogP contribution in [0, 0.1) is 10.1 Å². The summed E-state index contributed by atoms with van der Waals surface area (Å²) in [6.07, 6.45) is 2.50. The highest BCUT2D eigenvalue weighted by Crippen LogP contribution is 2.16. The fourth-order valence-corrected chi connectivity index (χ4v) is 2.99. The van der Waals surface area contributed by atoms with E-state index in [1.54, 1.807) is 0 Å². The minimum Gasteiger partial charge on any atom is -0.329 e. The van der Waals surface area contributed by atoms with E-state index >= 15 is 0 Å². The molecule has 0 aliphatic carbocycles. The Morgan fingerprint density at radius 2 is 1.95 bits per heavy atom. The highest BCUT2D eigenvalue weighted by atomic mass is 32.2. The van der Waals surface area contributed by atoms with Gasteiger partial charge in [-0.05, 0) is 18.6 Å². The first-order chi connectivity index (χ1) is 9.40. The van der Waals surface area contributed by atoms with Crippen LogP contribution in [0.5, 0.6) is 0 Å². The van der Waals surface area contributed by atoms with Gasteiger partial charge in [0.15, 0.2) is 0 Å². The molecule has 0 amide bonds. The number of hydrogen-bond donors (Lipinski definition) is 2. The Morgan fingerprint density at radius 3 is 2.40 bits per heavy atom. The smallest absolute Gasteiger partial charge is 0.269 e. The van der Waals surface area contributed by atoms with E-state index in [4.69, 9.17) is 5.73 Å². The molecule has 0 aliphatic heterocycles. The molecule has 0 heterocycles. The molecule has 8 heteroatoms.